The molecule has 2 heterocycles. The number of fused-ring (bicyclic) bond motifs is 1. The molecule has 1 aliphatic heterocycles. The molecule has 0 radical (unpaired) electrons. The molecule has 21 heavy (non-hydrogen) atoms. The Morgan fingerprint density at radius 2 is 2.33 bits per heavy atom. The fraction of sp³-hybridized carbons (Fsp3) is 0.412. The lowest BCUT2D eigenvalue weighted by atomic mass is 9.96. The van der Waals surface area contributed by atoms with Crippen LogP contribution in [0.3, 0.4) is 0 Å². The van der Waals surface area contributed by atoms with E-state index in [9.17, 15) is 4.79 Å². The molecule has 4 nitrogen and oxygen atoms in total. The molecule has 1 unspecified atom stereocenters. The number of carbonyl (C=O) groups excluding carboxylic acids is 1. The van der Waals surface area contributed by atoms with E-state index in [4.69, 9.17) is 0 Å². The number of amides is 1. The van der Waals surface area contributed by atoms with Crippen LogP contribution in [0.25, 0.3) is 10.9 Å². The van der Waals surface area contributed by atoms with Crippen molar-refractivity contribution in [2.24, 2.45) is 5.92 Å². The van der Waals surface area contributed by atoms with Gasteiger partial charge in [-0.05, 0) is 62.5 Å². The number of pyridine rings is 1. The number of piperidine rings is 1. The van der Waals surface area contributed by atoms with Gasteiger partial charge in [0.15, 0.2) is 0 Å². The average Bonchev–Trinajstić information content (AvgIpc) is 2.51. The molecule has 3 rings (SSSR count). The first-order chi connectivity index (χ1) is 10.2. The van der Waals surface area contributed by atoms with E-state index in [1.807, 2.05) is 31.2 Å². The van der Waals surface area contributed by atoms with Crippen molar-refractivity contribution in [2.45, 2.75) is 26.2 Å². The number of anilines is 1. The van der Waals surface area contributed by atoms with Crippen molar-refractivity contribution in [3.8, 4) is 0 Å². The predicted octanol–water partition coefficient (Wildman–Crippen LogP) is 2.87. The number of benzene rings is 1. The third kappa shape index (κ3) is 3.22. The van der Waals surface area contributed by atoms with Gasteiger partial charge in [0.1, 0.15) is 0 Å². The summed E-state index contributed by atoms with van der Waals surface area (Å²) < 4.78 is 0. The molecule has 0 aliphatic carbocycles. The first-order valence-electron chi connectivity index (χ1n) is 7.59. The monoisotopic (exact) mass is 283 g/mol. The summed E-state index contributed by atoms with van der Waals surface area (Å²) in [6.07, 6.45) is 4.67. The van der Waals surface area contributed by atoms with Gasteiger partial charge in [-0.3, -0.25) is 9.78 Å². The molecule has 2 N–H and O–H groups in total. The summed E-state index contributed by atoms with van der Waals surface area (Å²) in [4.78, 5) is 16.7. The molecular weight excluding hydrogens is 262 g/mol. The number of nitrogens with one attached hydrogen (secondary N) is 2. The summed E-state index contributed by atoms with van der Waals surface area (Å²) in [5.74, 6) is 0.547. The normalized spacial score (nSPS) is 18.6. The molecule has 0 bridgehead atoms. The quantitative estimate of drug-likeness (QED) is 0.910. The molecule has 1 fully saturated rings. The van der Waals surface area contributed by atoms with Crippen molar-refractivity contribution < 1.29 is 4.79 Å². The second-order valence-electron chi connectivity index (χ2n) is 5.79. The summed E-state index contributed by atoms with van der Waals surface area (Å²) in [5, 5.41) is 7.41. The molecule has 0 spiro atoms. The van der Waals surface area contributed by atoms with Gasteiger partial charge in [0.25, 0.3) is 0 Å². The van der Waals surface area contributed by atoms with Crippen LogP contribution in [0, 0.1) is 12.8 Å². The van der Waals surface area contributed by atoms with Gasteiger partial charge in [-0.25, -0.2) is 0 Å². The molecule has 2 aromatic rings. The number of nitrogens with zero attached hydrogens (tertiary/aromatic N) is 1. The maximum Gasteiger partial charge on any atom is 0.224 e. The second kappa shape index (κ2) is 6.22. The summed E-state index contributed by atoms with van der Waals surface area (Å²) in [6, 6.07) is 7.89. The summed E-state index contributed by atoms with van der Waals surface area (Å²) >= 11 is 0. The van der Waals surface area contributed by atoms with Gasteiger partial charge >= 0.3 is 0 Å². The zero-order chi connectivity index (χ0) is 14.7. The van der Waals surface area contributed by atoms with E-state index in [-0.39, 0.29) is 5.91 Å². The fourth-order valence-electron chi connectivity index (χ4n) is 2.98. The van der Waals surface area contributed by atoms with Crippen LogP contribution in [0.15, 0.2) is 30.5 Å². The van der Waals surface area contributed by atoms with E-state index in [0.29, 0.717) is 12.3 Å². The van der Waals surface area contributed by atoms with Crippen LogP contribution < -0.4 is 10.6 Å². The zero-order valence-corrected chi connectivity index (χ0v) is 12.4. The maximum atomic E-state index is 12.2. The molecule has 1 atom stereocenters. The Balaban J connectivity index is 1.75. The molecule has 1 aromatic carbocycles. The third-order valence-corrected chi connectivity index (χ3v) is 4.12. The standard InChI is InChI=1S/C17H21N3O/c1-12-6-7-15(14-5-3-9-19-17(12)14)20-16(21)10-13-4-2-8-18-11-13/h3,5-7,9,13,18H,2,4,8,10-11H2,1H3,(H,20,21). The van der Waals surface area contributed by atoms with Crippen LogP contribution in [0.5, 0.6) is 0 Å². The summed E-state index contributed by atoms with van der Waals surface area (Å²) in [6.45, 7) is 4.06. The molecule has 110 valence electrons. The van der Waals surface area contributed by atoms with Crippen LogP contribution >= 0.6 is 0 Å². The highest BCUT2D eigenvalue weighted by molar-refractivity contribution is 6.01. The lowest BCUT2D eigenvalue weighted by Gasteiger charge is -2.22. The molecule has 1 saturated heterocycles. The lowest BCUT2D eigenvalue weighted by molar-refractivity contribution is -0.117. The Labute approximate surface area is 125 Å². The van der Waals surface area contributed by atoms with Crippen molar-refractivity contribution >= 4 is 22.5 Å². The number of rotatable bonds is 3. The Bertz CT molecular complexity index is 648. The lowest BCUT2D eigenvalue weighted by Crippen LogP contribution is -2.32. The Kier molecular flexibility index (Phi) is 4.15. The van der Waals surface area contributed by atoms with Gasteiger partial charge in [0.05, 0.1) is 11.2 Å². The van der Waals surface area contributed by atoms with Gasteiger partial charge in [-0.1, -0.05) is 6.07 Å². The Hall–Kier alpha value is -1.94. The number of hydrogen-bond acceptors (Lipinski definition) is 3. The molecule has 1 aliphatic rings. The van der Waals surface area contributed by atoms with Gasteiger partial charge in [-0.15, -0.1) is 0 Å². The van der Waals surface area contributed by atoms with Gasteiger partial charge < -0.3 is 10.6 Å². The third-order valence-electron chi connectivity index (χ3n) is 4.12. The highest BCUT2D eigenvalue weighted by Crippen LogP contribution is 2.25. The van der Waals surface area contributed by atoms with E-state index in [2.05, 4.69) is 15.6 Å². The van der Waals surface area contributed by atoms with Crippen LogP contribution in [-0.2, 0) is 4.79 Å². The largest absolute Gasteiger partial charge is 0.325 e. The SMILES string of the molecule is Cc1ccc(NC(=O)CC2CCCNC2)c2cccnc12. The summed E-state index contributed by atoms with van der Waals surface area (Å²) in [7, 11) is 0. The zero-order valence-electron chi connectivity index (χ0n) is 12.4. The maximum absolute atomic E-state index is 12.2. The topological polar surface area (TPSA) is 54.0 Å². The number of hydrogen-bond donors (Lipinski definition) is 2. The Morgan fingerprint density at radius 3 is 3.14 bits per heavy atom. The molecule has 1 aromatic heterocycles. The summed E-state index contributed by atoms with van der Waals surface area (Å²) in [5.41, 5.74) is 2.94. The van der Waals surface area contributed by atoms with Crippen molar-refractivity contribution in [3.63, 3.8) is 0 Å². The van der Waals surface area contributed by atoms with Crippen molar-refractivity contribution in [3.05, 3.63) is 36.0 Å². The van der Waals surface area contributed by atoms with Crippen molar-refractivity contribution in [1.29, 1.82) is 0 Å². The minimum atomic E-state index is 0.0951. The van der Waals surface area contributed by atoms with Crippen LogP contribution in [0.2, 0.25) is 0 Å². The smallest absolute Gasteiger partial charge is 0.224 e. The van der Waals surface area contributed by atoms with Crippen LogP contribution in [0.4, 0.5) is 5.69 Å². The second-order valence-corrected chi connectivity index (χ2v) is 5.79. The first kappa shape index (κ1) is 14.0. The first-order valence-corrected chi connectivity index (χ1v) is 7.59. The van der Waals surface area contributed by atoms with E-state index < -0.39 is 0 Å². The number of aromatic nitrogens is 1. The van der Waals surface area contributed by atoms with Gasteiger partial charge in [0.2, 0.25) is 5.91 Å². The fourth-order valence-corrected chi connectivity index (χ4v) is 2.98. The van der Waals surface area contributed by atoms with Crippen molar-refractivity contribution in [2.75, 3.05) is 18.4 Å². The van der Waals surface area contributed by atoms with Crippen LogP contribution in [0.1, 0.15) is 24.8 Å². The minimum absolute atomic E-state index is 0.0951. The van der Waals surface area contributed by atoms with E-state index in [1.54, 1.807) is 6.20 Å². The van der Waals surface area contributed by atoms with E-state index in [1.165, 1.54) is 0 Å². The highest BCUT2D eigenvalue weighted by Gasteiger charge is 2.17. The molecule has 4 heteroatoms. The highest BCUT2D eigenvalue weighted by atomic mass is 16.1. The number of aryl methyl sites for hydroxylation is 1. The van der Waals surface area contributed by atoms with Crippen LogP contribution in [-0.4, -0.2) is 24.0 Å². The minimum Gasteiger partial charge on any atom is -0.325 e. The van der Waals surface area contributed by atoms with Gasteiger partial charge in [0, 0.05) is 18.0 Å². The van der Waals surface area contributed by atoms with Crippen molar-refractivity contribution in [1.82, 2.24) is 10.3 Å². The van der Waals surface area contributed by atoms with E-state index >= 15 is 0 Å². The molecule has 0 saturated carbocycles. The van der Waals surface area contributed by atoms with Gasteiger partial charge in [-0.2, -0.15) is 0 Å². The molecule has 1 amide bonds. The average molecular weight is 283 g/mol. The predicted molar refractivity (Wildman–Crippen MR) is 85.3 cm³/mol. The molecular formula is C17H21N3O. The Morgan fingerprint density at radius 1 is 1.43 bits per heavy atom. The number of carbonyl (C=O) groups is 1. The van der Waals surface area contributed by atoms with E-state index in [0.717, 1.165) is 48.1 Å².